The van der Waals surface area contributed by atoms with Gasteiger partial charge in [0.15, 0.2) is 5.69 Å². The van der Waals surface area contributed by atoms with E-state index in [0.29, 0.717) is 25.1 Å². The standard InChI is InChI=1S/C24H24Cl2N2O4/c25-16-8-9-18(26)17(12-16)24(10-4-5-11-24)13-19-27-20(23(30)31)21(22(29)28-19)32-14-15-6-2-1-3-7-15/h1-3,6-7,12H,4-5,8-11,13-14H2,(H,30,31)(H,27,28,29). The summed E-state index contributed by atoms with van der Waals surface area (Å²) >= 11 is 12.9. The van der Waals surface area contributed by atoms with Crippen LogP contribution in [0.4, 0.5) is 0 Å². The molecule has 8 heteroatoms. The zero-order valence-electron chi connectivity index (χ0n) is 17.5. The van der Waals surface area contributed by atoms with Crippen LogP contribution in [-0.2, 0) is 13.0 Å². The molecule has 1 aromatic heterocycles. The molecule has 0 spiro atoms. The molecule has 0 amide bonds. The third-order valence-electron chi connectivity index (χ3n) is 6.17. The van der Waals surface area contributed by atoms with Crippen molar-refractivity contribution in [1.29, 1.82) is 0 Å². The number of rotatable bonds is 7. The van der Waals surface area contributed by atoms with E-state index in [2.05, 4.69) is 9.97 Å². The molecular formula is C24H24Cl2N2O4. The molecule has 4 rings (SSSR count). The van der Waals surface area contributed by atoms with Gasteiger partial charge >= 0.3 is 5.97 Å². The molecule has 0 atom stereocenters. The number of aromatic carboxylic acids is 1. The van der Waals surface area contributed by atoms with E-state index in [1.54, 1.807) is 0 Å². The molecule has 1 aromatic carbocycles. The Morgan fingerprint density at radius 3 is 2.56 bits per heavy atom. The number of aromatic nitrogens is 2. The van der Waals surface area contributed by atoms with Gasteiger partial charge in [0, 0.05) is 21.9 Å². The second-order valence-corrected chi connectivity index (χ2v) is 9.29. The third kappa shape index (κ3) is 4.76. The van der Waals surface area contributed by atoms with E-state index in [4.69, 9.17) is 27.9 Å². The van der Waals surface area contributed by atoms with Crippen LogP contribution < -0.4 is 10.3 Å². The largest absolute Gasteiger partial charge is 0.481 e. The first-order chi connectivity index (χ1) is 15.4. The van der Waals surface area contributed by atoms with Crippen LogP contribution in [0.1, 0.15) is 60.4 Å². The summed E-state index contributed by atoms with van der Waals surface area (Å²) in [5.41, 5.74) is 0.492. The first-order valence-corrected chi connectivity index (χ1v) is 11.4. The Kier molecular flexibility index (Phi) is 6.72. The Bertz CT molecular complexity index is 1130. The van der Waals surface area contributed by atoms with Crippen molar-refractivity contribution in [3.63, 3.8) is 0 Å². The van der Waals surface area contributed by atoms with Crippen LogP contribution in [0, 0.1) is 5.41 Å². The van der Waals surface area contributed by atoms with E-state index in [1.165, 1.54) is 0 Å². The number of nitrogens with one attached hydrogen (secondary N) is 1. The fraction of sp³-hybridized carbons (Fsp3) is 0.375. The zero-order chi connectivity index (χ0) is 22.7. The Hall–Kier alpha value is -2.57. The van der Waals surface area contributed by atoms with Gasteiger partial charge in [-0.1, -0.05) is 66.4 Å². The van der Waals surface area contributed by atoms with Gasteiger partial charge in [0.1, 0.15) is 12.4 Å². The molecule has 2 aliphatic carbocycles. The number of aromatic amines is 1. The molecule has 6 nitrogen and oxygen atoms in total. The predicted octanol–water partition coefficient (Wildman–Crippen LogP) is 5.56. The van der Waals surface area contributed by atoms with E-state index >= 15 is 0 Å². The van der Waals surface area contributed by atoms with E-state index < -0.39 is 11.5 Å². The van der Waals surface area contributed by atoms with E-state index in [1.807, 2.05) is 36.4 Å². The molecule has 2 aromatic rings. The van der Waals surface area contributed by atoms with Crippen molar-refractivity contribution < 1.29 is 14.6 Å². The molecule has 1 heterocycles. The predicted molar refractivity (Wildman–Crippen MR) is 123 cm³/mol. The summed E-state index contributed by atoms with van der Waals surface area (Å²) in [5.74, 6) is -1.28. The number of carboxylic acid groups (broad SMARTS) is 1. The van der Waals surface area contributed by atoms with Gasteiger partial charge in [0.2, 0.25) is 5.75 Å². The van der Waals surface area contributed by atoms with Crippen LogP contribution in [0.5, 0.6) is 5.75 Å². The molecule has 0 radical (unpaired) electrons. The highest BCUT2D eigenvalue weighted by Gasteiger charge is 2.40. The van der Waals surface area contributed by atoms with Crippen molar-refractivity contribution >= 4 is 29.2 Å². The Balaban J connectivity index is 1.66. The second kappa shape index (κ2) is 9.51. The molecule has 32 heavy (non-hydrogen) atoms. The molecule has 168 valence electrons. The van der Waals surface area contributed by atoms with Gasteiger partial charge in [0.25, 0.3) is 5.56 Å². The SMILES string of the molecule is O=C(O)c1nc(CC2(C3=C(Cl)CCC(Cl)=C3)CCCC2)[nH]c(=O)c1OCc1ccccc1. The number of nitrogens with zero attached hydrogens (tertiary/aromatic N) is 1. The molecular weight excluding hydrogens is 451 g/mol. The summed E-state index contributed by atoms with van der Waals surface area (Å²) in [6, 6.07) is 9.22. The van der Waals surface area contributed by atoms with Crippen molar-refractivity contribution in [1.82, 2.24) is 9.97 Å². The van der Waals surface area contributed by atoms with Gasteiger partial charge in [-0.2, -0.15) is 0 Å². The second-order valence-electron chi connectivity index (χ2n) is 8.34. The lowest BCUT2D eigenvalue weighted by atomic mass is 9.73. The summed E-state index contributed by atoms with van der Waals surface area (Å²) < 4.78 is 5.57. The van der Waals surface area contributed by atoms with Gasteiger partial charge in [-0.05, 0) is 42.9 Å². The first-order valence-electron chi connectivity index (χ1n) is 10.7. The minimum absolute atomic E-state index is 0.0704. The quantitative estimate of drug-likeness (QED) is 0.547. The first kappa shape index (κ1) is 22.6. The van der Waals surface area contributed by atoms with E-state index in [9.17, 15) is 14.7 Å². The maximum absolute atomic E-state index is 12.8. The normalized spacial score (nSPS) is 17.9. The number of allylic oxidation sites excluding steroid dienone is 4. The van der Waals surface area contributed by atoms with Crippen LogP contribution in [-0.4, -0.2) is 21.0 Å². The Morgan fingerprint density at radius 2 is 1.88 bits per heavy atom. The summed E-state index contributed by atoms with van der Waals surface area (Å²) in [4.78, 5) is 31.7. The highest BCUT2D eigenvalue weighted by atomic mass is 35.5. The zero-order valence-corrected chi connectivity index (χ0v) is 19.0. The summed E-state index contributed by atoms with van der Waals surface area (Å²) in [7, 11) is 0. The van der Waals surface area contributed by atoms with Gasteiger partial charge in [-0.25, -0.2) is 9.78 Å². The summed E-state index contributed by atoms with van der Waals surface area (Å²) in [6.45, 7) is 0.0704. The van der Waals surface area contributed by atoms with Crippen LogP contribution in [0.25, 0.3) is 0 Å². The van der Waals surface area contributed by atoms with Gasteiger partial charge in [0.05, 0.1) is 0 Å². The number of carboxylic acids is 1. The minimum atomic E-state index is -1.31. The highest BCUT2D eigenvalue weighted by Crippen LogP contribution is 2.51. The smallest absolute Gasteiger partial charge is 0.358 e. The minimum Gasteiger partial charge on any atom is -0.481 e. The van der Waals surface area contributed by atoms with Crippen molar-refractivity contribution in [3.05, 3.63) is 79.5 Å². The lowest BCUT2D eigenvalue weighted by Gasteiger charge is -2.33. The van der Waals surface area contributed by atoms with Gasteiger partial charge in [-0.15, -0.1) is 0 Å². The molecule has 0 bridgehead atoms. The number of hydrogen-bond acceptors (Lipinski definition) is 4. The maximum atomic E-state index is 12.8. The topological polar surface area (TPSA) is 92.3 Å². The molecule has 0 aliphatic heterocycles. The number of hydrogen-bond donors (Lipinski definition) is 2. The molecule has 2 N–H and O–H groups in total. The van der Waals surface area contributed by atoms with E-state index in [0.717, 1.165) is 46.9 Å². The molecule has 2 aliphatic rings. The third-order valence-corrected chi connectivity index (χ3v) is 6.86. The monoisotopic (exact) mass is 474 g/mol. The number of H-pyrrole nitrogens is 1. The molecule has 1 saturated carbocycles. The van der Waals surface area contributed by atoms with Crippen molar-refractivity contribution in [2.24, 2.45) is 5.41 Å². The van der Waals surface area contributed by atoms with Crippen LogP contribution in [0.15, 0.2) is 56.8 Å². The van der Waals surface area contributed by atoms with Crippen LogP contribution >= 0.6 is 23.2 Å². The van der Waals surface area contributed by atoms with Crippen LogP contribution in [0.3, 0.4) is 0 Å². The van der Waals surface area contributed by atoms with Crippen LogP contribution in [0.2, 0.25) is 0 Å². The van der Waals surface area contributed by atoms with Crippen molar-refractivity contribution in [2.45, 2.75) is 51.6 Å². The average molecular weight is 475 g/mol. The lowest BCUT2D eigenvalue weighted by molar-refractivity contribution is 0.0683. The molecule has 0 unspecified atom stereocenters. The summed E-state index contributed by atoms with van der Waals surface area (Å²) in [6.07, 6.45) is 7.51. The summed E-state index contributed by atoms with van der Waals surface area (Å²) in [5, 5.41) is 11.2. The highest BCUT2D eigenvalue weighted by molar-refractivity contribution is 6.32. The van der Waals surface area contributed by atoms with E-state index in [-0.39, 0.29) is 23.5 Å². The molecule has 1 fully saturated rings. The number of ether oxygens (including phenoxy) is 1. The fourth-order valence-electron chi connectivity index (χ4n) is 4.63. The van der Waals surface area contributed by atoms with Gasteiger partial charge < -0.3 is 14.8 Å². The Labute approximate surface area is 195 Å². The Morgan fingerprint density at radius 1 is 1.16 bits per heavy atom. The van der Waals surface area contributed by atoms with Crippen molar-refractivity contribution in [3.8, 4) is 5.75 Å². The maximum Gasteiger partial charge on any atom is 0.358 e. The number of benzene rings is 1. The number of carbonyl (C=O) groups is 1. The molecule has 0 saturated heterocycles. The van der Waals surface area contributed by atoms with Crippen molar-refractivity contribution in [2.75, 3.05) is 0 Å². The number of halogens is 2. The lowest BCUT2D eigenvalue weighted by Crippen LogP contribution is -2.28. The fourth-order valence-corrected chi connectivity index (χ4v) is 5.18. The average Bonchev–Trinajstić information content (AvgIpc) is 3.24. The van der Waals surface area contributed by atoms with Gasteiger partial charge in [-0.3, -0.25) is 4.79 Å².